The minimum Gasteiger partial charge on any atom is -0.468 e. The maximum Gasteiger partial charge on any atom is 0.325 e. The number of aromatic nitrogens is 4. The fourth-order valence-electron chi connectivity index (χ4n) is 1.23. The van der Waals surface area contributed by atoms with Gasteiger partial charge in [-0.3, -0.25) is 4.79 Å². The van der Waals surface area contributed by atoms with Gasteiger partial charge in [0.25, 0.3) is 0 Å². The van der Waals surface area contributed by atoms with Crippen molar-refractivity contribution in [2.24, 2.45) is 7.05 Å². The fraction of sp³-hybridized carbons (Fsp3) is 0.750. The summed E-state index contributed by atoms with van der Waals surface area (Å²) in [6.45, 7) is 2.90. The molecule has 0 atom stereocenters. The van der Waals surface area contributed by atoms with Gasteiger partial charge in [-0.2, -0.15) is 0 Å². The minimum atomic E-state index is -0.300. The van der Waals surface area contributed by atoms with Crippen molar-refractivity contribution in [3.63, 3.8) is 0 Å². The Morgan fingerprint density at radius 3 is 2.80 bits per heavy atom. The summed E-state index contributed by atoms with van der Waals surface area (Å²) >= 11 is 0. The molecule has 0 saturated carbocycles. The largest absolute Gasteiger partial charge is 0.468 e. The third kappa shape index (κ3) is 2.90. The molecule has 0 fully saturated rings. The zero-order valence-electron chi connectivity index (χ0n) is 9.17. The molecule has 15 heavy (non-hydrogen) atoms. The predicted molar refractivity (Wildman–Crippen MR) is 53.3 cm³/mol. The molecule has 7 heteroatoms. The van der Waals surface area contributed by atoms with E-state index in [0.29, 0.717) is 12.5 Å². The van der Waals surface area contributed by atoms with Gasteiger partial charge in [-0.05, 0) is 16.8 Å². The molecule has 7 nitrogen and oxygen atoms in total. The number of esters is 1. The number of carbonyl (C=O) groups is 1. The lowest BCUT2D eigenvalue weighted by molar-refractivity contribution is -0.138. The first-order chi connectivity index (χ1) is 7.19. The van der Waals surface area contributed by atoms with Crippen LogP contribution >= 0.6 is 0 Å². The van der Waals surface area contributed by atoms with E-state index >= 15 is 0 Å². The third-order valence-corrected chi connectivity index (χ3v) is 1.92. The van der Waals surface area contributed by atoms with E-state index in [4.69, 9.17) is 0 Å². The minimum absolute atomic E-state index is 0.165. The van der Waals surface area contributed by atoms with Gasteiger partial charge in [-0.1, -0.05) is 12.0 Å². The van der Waals surface area contributed by atoms with Crippen LogP contribution < -0.4 is 4.90 Å². The molecule has 0 saturated heterocycles. The third-order valence-electron chi connectivity index (χ3n) is 1.92. The van der Waals surface area contributed by atoms with Crippen LogP contribution in [0.4, 0.5) is 5.95 Å². The lowest BCUT2D eigenvalue weighted by Crippen LogP contribution is -2.33. The van der Waals surface area contributed by atoms with E-state index in [1.807, 2.05) is 6.92 Å². The molecule has 0 radical (unpaired) electrons. The fourth-order valence-corrected chi connectivity index (χ4v) is 1.23. The summed E-state index contributed by atoms with van der Waals surface area (Å²) in [6, 6.07) is 0. The van der Waals surface area contributed by atoms with Gasteiger partial charge in [-0.15, -0.1) is 0 Å². The van der Waals surface area contributed by atoms with E-state index in [1.165, 1.54) is 11.8 Å². The Balaban J connectivity index is 2.74. The first-order valence-electron chi connectivity index (χ1n) is 4.73. The second-order valence-electron chi connectivity index (χ2n) is 3.10. The highest BCUT2D eigenvalue weighted by Gasteiger charge is 2.15. The molecule has 1 heterocycles. The number of aryl methyl sites for hydroxylation is 1. The van der Waals surface area contributed by atoms with Crippen molar-refractivity contribution < 1.29 is 9.53 Å². The Labute approximate surface area is 88.0 Å². The van der Waals surface area contributed by atoms with Crippen LogP contribution in [0.1, 0.15) is 13.3 Å². The number of hydrogen-bond acceptors (Lipinski definition) is 6. The average molecular weight is 213 g/mol. The smallest absolute Gasteiger partial charge is 0.325 e. The van der Waals surface area contributed by atoms with Crippen LogP contribution in [-0.2, 0) is 16.6 Å². The van der Waals surface area contributed by atoms with Crippen LogP contribution in [0.15, 0.2) is 0 Å². The molecule has 0 amide bonds. The van der Waals surface area contributed by atoms with Crippen molar-refractivity contribution in [1.82, 2.24) is 20.2 Å². The Morgan fingerprint density at radius 1 is 1.60 bits per heavy atom. The van der Waals surface area contributed by atoms with Gasteiger partial charge in [0, 0.05) is 13.6 Å². The maximum atomic E-state index is 11.2. The normalized spacial score (nSPS) is 10.1. The number of hydrogen-bond donors (Lipinski definition) is 0. The van der Waals surface area contributed by atoms with Gasteiger partial charge in [0.1, 0.15) is 6.54 Å². The number of ether oxygens (including phenoxy) is 1. The molecule has 1 aromatic heterocycles. The SMILES string of the molecule is CCCN(CC(=O)OC)c1nnnn1C. The number of rotatable bonds is 5. The number of carbonyl (C=O) groups excluding carboxylic acids is 1. The van der Waals surface area contributed by atoms with Crippen molar-refractivity contribution in [1.29, 1.82) is 0 Å². The molecule has 0 spiro atoms. The topological polar surface area (TPSA) is 73.1 Å². The summed E-state index contributed by atoms with van der Waals surface area (Å²) in [7, 11) is 3.09. The molecular weight excluding hydrogens is 198 g/mol. The van der Waals surface area contributed by atoms with E-state index in [2.05, 4.69) is 20.3 Å². The maximum absolute atomic E-state index is 11.2. The molecule has 0 aromatic carbocycles. The Kier molecular flexibility index (Phi) is 4.02. The zero-order chi connectivity index (χ0) is 11.3. The van der Waals surface area contributed by atoms with E-state index in [1.54, 1.807) is 11.9 Å². The molecule has 0 unspecified atom stereocenters. The van der Waals surface area contributed by atoms with Crippen LogP contribution in [0.2, 0.25) is 0 Å². The summed E-state index contributed by atoms with van der Waals surface area (Å²) < 4.78 is 6.13. The van der Waals surface area contributed by atoms with Crippen LogP contribution in [-0.4, -0.2) is 46.4 Å². The summed E-state index contributed by atoms with van der Waals surface area (Å²) in [4.78, 5) is 12.9. The van der Waals surface area contributed by atoms with Crippen LogP contribution in [0.25, 0.3) is 0 Å². The zero-order valence-corrected chi connectivity index (χ0v) is 9.17. The van der Waals surface area contributed by atoms with E-state index in [9.17, 15) is 4.79 Å². The molecule has 1 rings (SSSR count). The quantitative estimate of drug-likeness (QED) is 0.620. The molecule has 0 bridgehead atoms. The van der Waals surface area contributed by atoms with E-state index in [-0.39, 0.29) is 12.5 Å². The summed E-state index contributed by atoms with van der Waals surface area (Å²) in [5.41, 5.74) is 0. The van der Waals surface area contributed by atoms with E-state index < -0.39 is 0 Å². The average Bonchev–Trinajstić information content (AvgIpc) is 2.63. The van der Waals surface area contributed by atoms with Gasteiger partial charge in [0.2, 0.25) is 5.95 Å². The lowest BCUT2D eigenvalue weighted by atomic mass is 10.4. The highest BCUT2D eigenvalue weighted by Crippen LogP contribution is 2.07. The molecule has 0 aliphatic rings. The van der Waals surface area contributed by atoms with Gasteiger partial charge >= 0.3 is 5.97 Å². The second-order valence-corrected chi connectivity index (χ2v) is 3.10. The van der Waals surface area contributed by atoms with E-state index in [0.717, 1.165) is 6.42 Å². The standard InChI is InChI=1S/C8H15N5O2/c1-4-5-13(6-7(14)15-3)8-9-10-11-12(8)2/h4-6H2,1-3H3. The lowest BCUT2D eigenvalue weighted by Gasteiger charge is -2.19. The Bertz CT molecular complexity index is 325. The van der Waals surface area contributed by atoms with Crippen molar-refractivity contribution in [2.75, 3.05) is 25.1 Å². The van der Waals surface area contributed by atoms with Crippen molar-refractivity contribution >= 4 is 11.9 Å². The molecule has 0 aliphatic heterocycles. The number of methoxy groups -OCH3 is 1. The van der Waals surface area contributed by atoms with Crippen LogP contribution in [0.3, 0.4) is 0 Å². The van der Waals surface area contributed by atoms with Crippen LogP contribution in [0, 0.1) is 0 Å². The predicted octanol–water partition coefficient (Wildman–Crippen LogP) is -0.401. The molecule has 84 valence electrons. The monoisotopic (exact) mass is 213 g/mol. The van der Waals surface area contributed by atoms with Gasteiger partial charge in [-0.25, -0.2) is 4.68 Å². The van der Waals surface area contributed by atoms with Gasteiger partial charge < -0.3 is 9.64 Å². The number of anilines is 1. The highest BCUT2D eigenvalue weighted by atomic mass is 16.5. The molecule has 0 aliphatic carbocycles. The van der Waals surface area contributed by atoms with Gasteiger partial charge in [0.05, 0.1) is 7.11 Å². The molecular formula is C8H15N5O2. The number of nitrogens with zero attached hydrogens (tertiary/aromatic N) is 5. The highest BCUT2D eigenvalue weighted by molar-refractivity contribution is 5.74. The first-order valence-corrected chi connectivity index (χ1v) is 4.73. The van der Waals surface area contributed by atoms with Crippen LogP contribution in [0.5, 0.6) is 0 Å². The van der Waals surface area contributed by atoms with Crippen molar-refractivity contribution in [3.05, 3.63) is 0 Å². The summed E-state index contributed by atoms with van der Waals surface area (Å²) in [6.07, 6.45) is 0.907. The Morgan fingerprint density at radius 2 is 2.33 bits per heavy atom. The number of tetrazole rings is 1. The second kappa shape index (κ2) is 5.28. The molecule has 0 N–H and O–H groups in total. The van der Waals surface area contributed by atoms with Crippen molar-refractivity contribution in [2.45, 2.75) is 13.3 Å². The Hall–Kier alpha value is -1.66. The summed E-state index contributed by atoms with van der Waals surface area (Å²) in [5.74, 6) is 0.272. The molecule has 1 aromatic rings. The first kappa shape index (κ1) is 11.4. The van der Waals surface area contributed by atoms with Gasteiger partial charge in [0.15, 0.2) is 0 Å². The summed E-state index contributed by atoms with van der Waals surface area (Å²) in [5, 5.41) is 11.1. The van der Waals surface area contributed by atoms with Crippen molar-refractivity contribution in [3.8, 4) is 0 Å².